The first-order valence-corrected chi connectivity index (χ1v) is 6.03. The summed E-state index contributed by atoms with van der Waals surface area (Å²) in [5, 5.41) is 0. The van der Waals surface area contributed by atoms with Crippen LogP contribution in [0.3, 0.4) is 0 Å². The summed E-state index contributed by atoms with van der Waals surface area (Å²) in [6.07, 6.45) is 1.64. The van der Waals surface area contributed by atoms with Crippen LogP contribution in [0.4, 0.5) is 0 Å². The average Bonchev–Trinajstić information content (AvgIpc) is 2.79. The zero-order valence-corrected chi connectivity index (χ0v) is 11.2. The molecule has 0 amide bonds. The Labute approximate surface area is 111 Å². The number of aromatic nitrogens is 1. The highest BCUT2D eigenvalue weighted by Crippen LogP contribution is 2.22. The quantitative estimate of drug-likeness (QED) is 0.623. The van der Waals surface area contributed by atoms with E-state index in [9.17, 15) is 4.79 Å². The minimum Gasteiger partial charge on any atom is -0.462 e. The smallest absolute Gasteiger partial charge is 0.345 e. The first kappa shape index (κ1) is 13.1. The molecule has 19 heavy (non-hydrogen) atoms. The van der Waals surface area contributed by atoms with Crippen LogP contribution in [0, 0.1) is 0 Å². The van der Waals surface area contributed by atoms with Crippen molar-refractivity contribution in [3.63, 3.8) is 0 Å². The summed E-state index contributed by atoms with van der Waals surface area (Å²) in [6, 6.07) is 7.37. The van der Waals surface area contributed by atoms with Gasteiger partial charge in [-0.3, -0.25) is 0 Å². The van der Waals surface area contributed by atoms with Gasteiger partial charge in [-0.25, -0.2) is 9.78 Å². The normalized spacial score (nSPS) is 11.6. The molecule has 0 aliphatic heterocycles. The molecule has 5 heteroatoms. The largest absolute Gasteiger partial charge is 0.462 e. The molecular weight excluding hydrogens is 244 g/mol. The molecule has 0 spiro atoms. The minimum absolute atomic E-state index is 0.272. The molecule has 2 aromatic rings. The van der Waals surface area contributed by atoms with E-state index in [1.54, 1.807) is 18.0 Å². The lowest BCUT2D eigenvalue weighted by atomic mass is 10.3. The van der Waals surface area contributed by atoms with Crippen molar-refractivity contribution in [2.45, 2.75) is 6.92 Å². The topological polar surface area (TPSA) is 55.6 Å². The Balaban J connectivity index is 2.45. The van der Waals surface area contributed by atoms with Crippen LogP contribution in [0.25, 0.3) is 16.7 Å². The first-order valence-electron chi connectivity index (χ1n) is 6.03. The second-order valence-electron chi connectivity index (χ2n) is 4.21. The lowest BCUT2D eigenvalue weighted by Crippen LogP contribution is -2.11. The number of hydrogen-bond donors (Lipinski definition) is 0. The van der Waals surface area contributed by atoms with Crippen molar-refractivity contribution >= 4 is 22.6 Å². The summed E-state index contributed by atoms with van der Waals surface area (Å²) in [4.78, 5) is 18.0. The van der Waals surface area contributed by atoms with E-state index in [0.29, 0.717) is 23.3 Å². The van der Waals surface area contributed by atoms with Gasteiger partial charge < -0.3 is 14.1 Å². The van der Waals surface area contributed by atoms with Gasteiger partial charge in [-0.05, 0) is 19.1 Å². The summed E-state index contributed by atoms with van der Waals surface area (Å²) < 4.78 is 10.6. The second kappa shape index (κ2) is 5.56. The molecule has 1 heterocycles. The molecule has 0 saturated heterocycles. The predicted octanol–water partition coefficient (Wildman–Crippen LogP) is 2.29. The van der Waals surface area contributed by atoms with E-state index in [0.717, 1.165) is 0 Å². The van der Waals surface area contributed by atoms with Gasteiger partial charge in [0.05, 0.1) is 6.61 Å². The fourth-order valence-electron chi connectivity index (χ4n) is 1.65. The van der Waals surface area contributed by atoms with Gasteiger partial charge in [0.2, 0.25) is 5.89 Å². The maximum Gasteiger partial charge on any atom is 0.345 e. The van der Waals surface area contributed by atoms with Gasteiger partial charge in [0.15, 0.2) is 5.58 Å². The molecule has 0 fully saturated rings. The third-order valence-corrected chi connectivity index (χ3v) is 2.41. The lowest BCUT2D eigenvalue weighted by Gasteiger charge is -2.08. The molecule has 1 aromatic heterocycles. The van der Waals surface area contributed by atoms with E-state index in [2.05, 4.69) is 4.98 Å². The van der Waals surface area contributed by atoms with E-state index in [1.165, 1.54) is 0 Å². The van der Waals surface area contributed by atoms with Gasteiger partial charge in [-0.15, -0.1) is 0 Å². The highest BCUT2D eigenvalue weighted by Gasteiger charge is 2.19. The lowest BCUT2D eigenvalue weighted by molar-refractivity contribution is -0.136. The average molecular weight is 260 g/mol. The number of ether oxygens (including phenoxy) is 1. The molecule has 0 saturated carbocycles. The van der Waals surface area contributed by atoms with Gasteiger partial charge in [0.1, 0.15) is 11.1 Å². The van der Waals surface area contributed by atoms with E-state index >= 15 is 0 Å². The number of nitrogens with zero attached hydrogens (tertiary/aromatic N) is 2. The molecular formula is C14H16N2O3. The molecule has 5 nitrogen and oxygen atoms in total. The number of hydrogen-bond acceptors (Lipinski definition) is 5. The molecule has 0 bridgehead atoms. The number of carbonyl (C=O) groups is 1. The molecule has 2 rings (SSSR count). The Morgan fingerprint density at radius 1 is 1.42 bits per heavy atom. The van der Waals surface area contributed by atoms with Crippen LogP contribution in [-0.2, 0) is 9.53 Å². The number of benzene rings is 1. The van der Waals surface area contributed by atoms with Crippen LogP contribution >= 0.6 is 0 Å². The van der Waals surface area contributed by atoms with Crippen molar-refractivity contribution in [1.82, 2.24) is 9.88 Å². The summed E-state index contributed by atoms with van der Waals surface area (Å²) in [7, 11) is 3.64. The van der Waals surface area contributed by atoms with Gasteiger partial charge in [0, 0.05) is 20.3 Å². The Hall–Kier alpha value is -2.30. The number of oxazole rings is 1. The zero-order valence-electron chi connectivity index (χ0n) is 11.2. The number of para-hydroxylation sites is 2. The van der Waals surface area contributed by atoms with Crippen LogP contribution in [0.1, 0.15) is 12.8 Å². The highest BCUT2D eigenvalue weighted by atomic mass is 16.5. The number of carbonyl (C=O) groups excluding carboxylic acids is 1. The fourth-order valence-corrected chi connectivity index (χ4v) is 1.65. The van der Waals surface area contributed by atoms with Crippen molar-refractivity contribution < 1.29 is 13.9 Å². The third-order valence-electron chi connectivity index (χ3n) is 2.41. The predicted molar refractivity (Wildman–Crippen MR) is 72.3 cm³/mol. The monoisotopic (exact) mass is 260 g/mol. The number of fused-ring (bicyclic) bond motifs is 1. The van der Waals surface area contributed by atoms with Crippen molar-refractivity contribution in [1.29, 1.82) is 0 Å². The van der Waals surface area contributed by atoms with Crippen molar-refractivity contribution in [3.05, 3.63) is 36.4 Å². The SMILES string of the molecule is CCOC(=O)/C(=C/N(C)C)c1nc2ccccc2o1. The van der Waals surface area contributed by atoms with Crippen LogP contribution in [0.5, 0.6) is 0 Å². The van der Waals surface area contributed by atoms with Crippen LogP contribution in [-0.4, -0.2) is 36.6 Å². The second-order valence-corrected chi connectivity index (χ2v) is 4.21. The van der Waals surface area contributed by atoms with Crippen LogP contribution < -0.4 is 0 Å². The van der Waals surface area contributed by atoms with Crippen molar-refractivity contribution in [3.8, 4) is 0 Å². The third kappa shape index (κ3) is 2.93. The molecule has 1 aromatic carbocycles. The summed E-state index contributed by atoms with van der Waals surface area (Å²) in [5.74, 6) is -0.170. The van der Waals surface area contributed by atoms with Gasteiger partial charge in [0.25, 0.3) is 0 Å². The Bertz CT molecular complexity index is 581. The molecule has 0 unspecified atom stereocenters. The van der Waals surface area contributed by atoms with Gasteiger partial charge in [-0.2, -0.15) is 0 Å². The van der Waals surface area contributed by atoms with E-state index in [1.807, 2.05) is 38.4 Å². The minimum atomic E-state index is -0.442. The number of rotatable bonds is 4. The highest BCUT2D eigenvalue weighted by molar-refractivity contribution is 6.15. The zero-order chi connectivity index (χ0) is 13.8. The molecule has 0 atom stereocenters. The Morgan fingerprint density at radius 3 is 2.79 bits per heavy atom. The van der Waals surface area contributed by atoms with Crippen molar-refractivity contribution in [2.24, 2.45) is 0 Å². The molecule has 0 N–H and O–H groups in total. The van der Waals surface area contributed by atoms with Crippen molar-refractivity contribution in [2.75, 3.05) is 20.7 Å². The van der Waals surface area contributed by atoms with Crippen LogP contribution in [0.15, 0.2) is 34.9 Å². The maximum absolute atomic E-state index is 11.9. The van der Waals surface area contributed by atoms with E-state index in [4.69, 9.17) is 9.15 Å². The van der Waals surface area contributed by atoms with E-state index < -0.39 is 5.97 Å². The molecule has 0 aliphatic carbocycles. The summed E-state index contributed by atoms with van der Waals surface area (Å²) in [6.45, 7) is 2.07. The van der Waals surface area contributed by atoms with Gasteiger partial charge in [-0.1, -0.05) is 12.1 Å². The first-order chi connectivity index (χ1) is 9.11. The summed E-state index contributed by atoms with van der Waals surface area (Å²) in [5.41, 5.74) is 1.67. The fraction of sp³-hybridized carbons (Fsp3) is 0.286. The summed E-state index contributed by atoms with van der Waals surface area (Å²) >= 11 is 0. The Morgan fingerprint density at radius 2 is 2.16 bits per heavy atom. The van der Waals surface area contributed by atoms with Gasteiger partial charge >= 0.3 is 5.97 Å². The molecule has 0 aliphatic rings. The maximum atomic E-state index is 11.9. The standard InChI is InChI=1S/C14H16N2O3/c1-4-18-14(17)10(9-16(2)3)13-15-11-7-5-6-8-12(11)19-13/h5-9H,4H2,1-3H3/b10-9+. The Kier molecular flexibility index (Phi) is 3.85. The molecule has 0 radical (unpaired) electrons. The number of esters is 1. The molecule has 100 valence electrons. The van der Waals surface area contributed by atoms with Crippen LogP contribution in [0.2, 0.25) is 0 Å². The van der Waals surface area contributed by atoms with E-state index in [-0.39, 0.29) is 5.89 Å².